The van der Waals surface area contributed by atoms with Crippen LogP contribution < -0.4 is 27.4 Å². The van der Waals surface area contributed by atoms with Crippen LogP contribution in [0.2, 0.25) is 0 Å². The maximum Gasteiger partial charge on any atom is 0.305 e. The molecule has 0 saturated carbocycles. The van der Waals surface area contributed by atoms with Crippen LogP contribution in [0.4, 0.5) is 0 Å². The number of aromatic nitrogens is 1. The molecule has 0 aliphatic heterocycles. The Labute approximate surface area is 273 Å². The molecule has 1 aromatic heterocycles. The molecule has 14 nitrogen and oxygen atoms in total. The van der Waals surface area contributed by atoms with Gasteiger partial charge in [-0.1, -0.05) is 30.3 Å². The van der Waals surface area contributed by atoms with E-state index in [1.54, 1.807) is 30.5 Å². The minimum atomic E-state index is -3.59. The molecule has 4 atom stereocenters. The number of aromatic amines is 1. The Kier molecular flexibility index (Phi) is 12.5. The third-order valence-electron chi connectivity index (χ3n) is 6.89. The number of H-pyrrole nitrogens is 1. The lowest BCUT2D eigenvalue weighted by Crippen LogP contribution is -2.58. The molecule has 0 unspecified atom stereocenters. The van der Waals surface area contributed by atoms with Crippen LogP contribution in [0, 0.1) is 3.57 Å². The Morgan fingerprint density at radius 2 is 1.49 bits per heavy atom. The number of nitrogens with one attached hydrogen (secondary N) is 4. The summed E-state index contributed by atoms with van der Waals surface area (Å²) >= 11 is 2.10. The van der Waals surface area contributed by atoms with Gasteiger partial charge in [0.05, 0.1) is 18.2 Å². The number of halogens is 1. The number of primary amides is 1. The number of nitrogens with two attached hydrogens (primary N) is 2. The molecule has 3 rings (SSSR count). The molecule has 4 amide bonds. The fourth-order valence-electron chi connectivity index (χ4n) is 4.52. The van der Waals surface area contributed by atoms with Crippen molar-refractivity contribution in [2.75, 3.05) is 12.0 Å². The molecule has 0 radical (unpaired) electrons. The molecule has 0 saturated heterocycles. The van der Waals surface area contributed by atoms with Crippen molar-refractivity contribution in [2.24, 2.45) is 11.5 Å². The van der Waals surface area contributed by atoms with E-state index >= 15 is 0 Å². The highest BCUT2D eigenvalue weighted by Gasteiger charge is 2.32. The molecule has 0 aliphatic rings. The molecule has 45 heavy (non-hydrogen) atoms. The van der Waals surface area contributed by atoms with Crippen LogP contribution in [0.1, 0.15) is 24.0 Å². The lowest BCUT2D eigenvalue weighted by molar-refractivity contribution is -0.141. The number of aliphatic carboxylic acids is 1. The topological polar surface area (TPSA) is 244 Å². The second kappa shape index (κ2) is 15.8. The van der Waals surface area contributed by atoms with Crippen molar-refractivity contribution in [1.29, 1.82) is 0 Å². The van der Waals surface area contributed by atoms with E-state index in [1.165, 1.54) is 0 Å². The molecule has 16 heteroatoms. The Morgan fingerprint density at radius 3 is 2.11 bits per heavy atom. The van der Waals surface area contributed by atoms with Gasteiger partial charge in [-0.2, -0.15) is 0 Å². The molecular formula is C29H35IN6O8S. The lowest BCUT2D eigenvalue weighted by atomic mass is 10.0. The van der Waals surface area contributed by atoms with Crippen molar-refractivity contribution < 1.29 is 37.5 Å². The molecule has 242 valence electrons. The number of amides is 4. The third-order valence-corrected chi connectivity index (χ3v) is 8.58. The van der Waals surface area contributed by atoms with Crippen molar-refractivity contribution in [2.45, 2.75) is 49.9 Å². The summed E-state index contributed by atoms with van der Waals surface area (Å²) < 4.78 is 24.7. The smallest absolute Gasteiger partial charge is 0.305 e. The maximum atomic E-state index is 13.3. The molecule has 0 fully saturated rings. The van der Waals surface area contributed by atoms with Crippen LogP contribution >= 0.6 is 22.6 Å². The van der Waals surface area contributed by atoms with Gasteiger partial charge in [-0.25, -0.2) is 8.42 Å². The largest absolute Gasteiger partial charge is 0.481 e. The predicted molar refractivity (Wildman–Crippen MR) is 174 cm³/mol. The first-order valence-corrected chi connectivity index (χ1v) is 16.9. The molecule has 0 spiro atoms. The van der Waals surface area contributed by atoms with Crippen molar-refractivity contribution in [3.05, 3.63) is 69.4 Å². The van der Waals surface area contributed by atoms with Crippen LogP contribution in [0.5, 0.6) is 0 Å². The second-order valence-corrected chi connectivity index (χ2v) is 14.1. The zero-order valence-corrected chi connectivity index (χ0v) is 27.3. The van der Waals surface area contributed by atoms with E-state index in [4.69, 9.17) is 11.5 Å². The number of carboxylic acid groups (broad SMARTS) is 1. The van der Waals surface area contributed by atoms with Crippen LogP contribution in [0.15, 0.2) is 54.7 Å². The quantitative estimate of drug-likeness (QED) is 0.0952. The number of benzene rings is 2. The van der Waals surface area contributed by atoms with Gasteiger partial charge in [0.15, 0.2) is 0 Å². The summed E-state index contributed by atoms with van der Waals surface area (Å²) in [6, 6.07) is 8.90. The SMILES string of the molecule is CS(=O)(=O)CC[C@H](NC(=O)[C@H](N)Cc1c[nH]c2ccccc12)C(=O)N[C@@H](CC(=O)O)C(=O)N[C@@H](Cc1ccc(I)cc1)C(N)=O. The van der Waals surface area contributed by atoms with Gasteiger partial charge in [0.1, 0.15) is 28.0 Å². The highest BCUT2D eigenvalue weighted by atomic mass is 127. The first kappa shape index (κ1) is 35.4. The Balaban J connectivity index is 1.75. The minimum Gasteiger partial charge on any atom is -0.481 e. The average molecular weight is 755 g/mol. The summed E-state index contributed by atoms with van der Waals surface area (Å²) in [5.74, 6) is -5.62. The summed E-state index contributed by atoms with van der Waals surface area (Å²) in [5.41, 5.74) is 13.9. The summed E-state index contributed by atoms with van der Waals surface area (Å²) in [7, 11) is -3.59. The third kappa shape index (κ3) is 11.1. The van der Waals surface area contributed by atoms with Crippen molar-refractivity contribution in [1.82, 2.24) is 20.9 Å². The molecule has 9 N–H and O–H groups in total. The minimum absolute atomic E-state index is 0.00703. The number of hydrogen-bond donors (Lipinski definition) is 7. The van der Waals surface area contributed by atoms with Gasteiger partial charge in [-0.05, 0) is 64.8 Å². The van der Waals surface area contributed by atoms with Gasteiger partial charge in [-0.3, -0.25) is 24.0 Å². The van der Waals surface area contributed by atoms with Crippen molar-refractivity contribution in [3.63, 3.8) is 0 Å². The standard InChI is InChI=1S/C29H35IN6O8S/c1-45(43,44)11-10-22(34-27(40)20(31)13-17-15-33-21-5-3-2-4-19(17)21)28(41)36-24(14-25(37)38)29(42)35-23(26(32)39)12-16-6-8-18(30)9-7-16/h2-9,15,20,22-24,33H,10-14,31H2,1H3,(H2,32,39)(H,34,40)(H,35,42)(H,36,41)(H,37,38)/t20-,22+,23+,24+/m1/s1. The van der Waals surface area contributed by atoms with Crippen LogP contribution in [-0.2, 0) is 46.7 Å². The van der Waals surface area contributed by atoms with Crippen LogP contribution in [-0.4, -0.2) is 84.3 Å². The van der Waals surface area contributed by atoms with E-state index in [1.807, 2.05) is 24.3 Å². The van der Waals surface area contributed by atoms with E-state index < -0.39 is 75.8 Å². The Bertz CT molecular complexity index is 1660. The molecular weight excluding hydrogens is 719 g/mol. The molecule has 0 bridgehead atoms. The maximum absolute atomic E-state index is 13.3. The van der Waals surface area contributed by atoms with Gasteiger partial charge < -0.3 is 37.5 Å². The summed E-state index contributed by atoms with van der Waals surface area (Å²) in [6.07, 6.45) is 1.50. The summed E-state index contributed by atoms with van der Waals surface area (Å²) in [5, 5.41) is 17.4. The fraction of sp³-hybridized carbons (Fsp3) is 0.345. The normalized spacial score (nSPS) is 14.1. The van der Waals surface area contributed by atoms with Crippen molar-refractivity contribution in [3.8, 4) is 0 Å². The number of rotatable bonds is 16. The van der Waals surface area contributed by atoms with Gasteiger partial charge in [-0.15, -0.1) is 0 Å². The van der Waals surface area contributed by atoms with Crippen LogP contribution in [0.3, 0.4) is 0 Å². The van der Waals surface area contributed by atoms with Gasteiger partial charge in [0.2, 0.25) is 23.6 Å². The zero-order chi connectivity index (χ0) is 33.3. The number of fused-ring (bicyclic) bond motifs is 1. The van der Waals surface area contributed by atoms with E-state index in [2.05, 4.69) is 43.5 Å². The molecule has 2 aromatic carbocycles. The van der Waals surface area contributed by atoms with Crippen molar-refractivity contribution >= 4 is 72.9 Å². The second-order valence-electron chi connectivity index (χ2n) is 10.6. The van der Waals surface area contributed by atoms with Gasteiger partial charge in [0.25, 0.3) is 0 Å². The predicted octanol–water partition coefficient (Wildman–Crippen LogP) is -0.266. The summed E-state index contributed by atoms with van der Waals surface area (Å²) in [4.78, 5) is 66.3. The first-order chi connectivity index (χ1) is 21.1. The number of hydrogen-bond acceptors (Lipinski definition) is 8. The first-order valence-electron chi connectivity index (χ1n) is 13.8. The number of sulfone groups is 1. The Hall–Kier alpha value is -4.03. The number of para-hydroxylation sites is 1. The van der Waals surface area contributed by atoms with E-state index in [-0.39, 0.29) is 19.3 Å². The monoisotopic (exact) mass is 754 g/mol. The number of carbonyl (C=O) groups excluding carboxylic acids is 4. The van der Waals surface area contributed by atoms with Crippen LogP contribution in [0.25, 0.3) is 10.9 Å². The highest BCUT2D eigenvalue weighted by Crippen LogP contribution is 2.19. The molecule has 1 heterocycles. The van der Waals surface area contributed by atoms with E-state index in [0.29, 0.717) is 5.56 Å². The van der Waals surface area contributed by atoms with E-state index in [0.717, 1.165) is 26.3 Å². The van der Waals surface area contributed by atoms with Gasteiger partial charge >= 0.3 is 5.97 Å². The molecule has 3 aromatic rings. The number of carbonyl (C=O) groups is 5. The van der Waals surface area contributed by atoms with Gasteiger partial charge in [0, 0.05) is 33.3 Å². The Morgan fingerprint density at radius 1 is 0.889 bits per heavy atom. The average Bonchev–Trinajstić information content (AvgIpc) is 3.37. The zero-order valence-electron chi connectivity index (χ0n) is 24.3. The number of carboxylic acids is 1. The highest BCUT2D eigenvalue weighted by molar-refractivity contribution is 14.1. The lowest BCUT2D eigenvalue weighted by Gasteiger charge is -2.25. The fourth-order valence-corrected chi connectivity index (χ4v) is 5.54. The van der Waals surface area contributed by atoms with E-state index in [9.17, 15) is 37.5 Å². The molecule has 0 aliphatic carbocycles. The summed E-state index contributed by atoms with van der Waals surface area (Å²) in [6.45, 7) is 0.